The second-order valence-corrected chi connectivity index (χ2v) is 9.06. The Hall–Kier alpha value is -0.520. The summed E-state index contributed by atoms with van der Waals surface area (Å²) in [5, 5.41) is 0. The van der Waals surface area contributed by atoms with Crippen LogP contribution in [0.5, 0.6) is 0 Å². The van der Waals surface area contributed by atoms with Crippen LogP contribution in [0, 0.1) is 5.92 Å². The van der Waals surface area contributed by atoms with E-state index in [0.29, 0.717) is 11.7 Å². The Bertz CT molecular complexity index is 495. The first-order valence-electron chi connectivity index (χ1n) is 6.88. The Kier molecular flexibility index (Phi) is 7.06. The minimum Gasteiger partial charge on any atom is -0.323 e. The van der Waals surface area contributed by atoms with Gasteiger partial charge in [-0.2, -0.15) is 11.8 Å². The molecule has 0 amide bonds. The quantitative estimate of drug-likeness (QED) is 0.749. The Balaban J connectivity index is 2.41. The minimum absolute atomic E-state index is 0.0346. The number of hydrogen-bond donors (Lipinski definition) is 1. The van der Waals surface area contributed by atoms with Gasteiger partial charge in [0.2, 0.25) is 0 Å². The highest BCUT2D eigenvalue weighted by molar-refractivity contribution is 8.00. The van der Waals surface area contributed by atoms with E-state index >= 15 is 0 Å². The van der Waals surface area contributed by atoms with Crippen molar-refractivity contribution in [1.29, 1.82) is 0 Å². The van der Waals surface area contributed by atoms with Crippen LogP contribution in [-0.4, -0.2) is 31.9 Å². The maximum atomic E-state index is 11.0. The molecule has 0 bridgehead atoms. The second-order valence-electron chi connectivity index (χ2n) is 5.65. The van der Waals surface area contributed by atoms with Gasteiger partial charge in [-0.15, -0.1) is 0 Å². The summed E-state index contributed by atoms with van der Waals surface area (Å²) < 4.78 is 22.1. The van der Waals surface area contributed by atoms with Crippen molar-refractivity contribution >= 4 is 21.6 Å². The maximum absolute atomic E-state index is 11.0. The van der Waals surface area contributed by atoms with Crippen LogP contribution in [0.15, 0.2) is 24.3 Å². The largest absolute Gasteiger partial charge is 0.323 e. The molecule has 2 N–H and O–H groups in total. The van der Waals surface area contributed by atoms with Crippen LogP contribution in [0.3, 0.4) is 0 Å². The van der Waals surface area contributed by atoms with Crippen molar-refractivity contribution in [1.82, 2.24) is 0 Å². The van der Waals surface area contributed by atoms with Gasteiger partial charge in [-0.25, -0.2) is 8.42 Å². The van der Waals surface area contributed by atoms with Gasteiger partial charge >= 0.3 is 0 Å². The fraction of sp³-hybridized carbons (Fsp3) is 0.600. The van der Waals surface area contributed by atoms with E-state index in [-0.39, 0.29) is 11.8 Å². The number of benzene rings is 1. The van der Waals surface area contributed by atoms with E-state index in [0.717, 1.165) is 17.7 Å². The zero-order chi connectivity index (χ0) is 15.2. The number of thioether (sulfide) groups is 1. The number of hydrogen-bond acceptors (Lipinski definition) is 4. The van der Waals surface area contributed by atoms with Gasteiger partial charge in [-0.3, -0.25) is 0 Å². The average Bonchev–Trinajstić information content (AvgIpc) is 2.33. The summed E-state index contributed by atoms with van der Waals surface area (Å²) >= 11 is 1.59. The van der Waals surface area contributed by atoms with Crippen LogP contribution in [0.25, 0.3) is 0 Å². The summed E-state index contributed by atoms with van der Waals surface area (Å²) in [5.41, 5.74) is 8.57. The van der Waals surface area contributed by atoms with Crippen LogP contribution in [-0.2, 0) is 16.3 Å². The van der Waals surface area contributed by atoms with Gasteiger partial charge < -0.3 is 5.73 Å². The molecule has 5 heteroatoms. The topological polar surface area (TPSA) is 60.2 Å². The van der Waals surface area contributed by atoms with E-state index in [2.05, 4.69) is 38.1 Å². The molecular weight excluding hydrogens is 290 g/mol. The Labute approximate surface area is 127 Å². The van der Waals surface area contributed by atoms with Crippen molar-refractivity contribution in [3.63, 3.8) is 0 Å². The first-order valence-corrected chi connectivity index (χ1v) is 10.1. The molecule has 0 aliphatic heterocycles. The lowest BCUT2D eigenvalue weighted by molar-refractivity contribution is 0.603. The second kappa shape index (κ2) is 8.05. The predicted octanol–water partition coefficient (Wildman–Crippen LogP) is 2.66. The van der Waals surface area contributed by atoms with Crippen LogP contribution in [0.1, 0.15) is 31.0 Å². The fourth-order valence-corrected chi connectivity index (χ4v) is 4.18. The number of sulfone groups is 1. The smallest absolute Gasteiger partial charge is 0.148 e. The molecule has 0 aliphatic rings. The highest BCUT2D eigenvalue weighted by Crippen LogP contribution is 2.18. The van der Waals surface area contributed by atoms with E-state index < -0.39 is 9.84 Å². The molecule has 0 saturated carbocycles. The molecule has 3 nitrogen and oxygen atoms in total. The molecule has 0 radical (unpaired) electrons. The molecular formula is C15H25NO2S2. The average molecular weight is 316 g/mol. The van der Waals surface area contributed by atoms with Crippen molar-refractivity contribution in [3.8, 4) is 0 Å². The molecule has 114 valence electrons. The Morgan fingerprint density at radius 1 is 1.20 bits per heavy atom. The molecule has 0 saturated heterocycles. The van der Waals surface area contributed by atoms with E-state index in [1.54, 1.807) is 11.8 Å². The highest BCUT2D eigenvalue weighted by atomic mass is 32.2. The molecule has 0 aliphatic carbocycles. The normalized spacial score (nSPS) is 13.7. The van der Waals surface area contributed by atoms with Crippen LogP contribution in [0.4, 0.5) is 0 Å². The fourth-order valence-electron chi connectivity index (χ4n) is 1.89. The zero-order valence-corrected chi connectivity index (χ0v) is 14.1. The third kappa shape index (κ3) is 7.31. The predicted molar refractivity (Wildman–Crippen MR) is 88.9 cm³/mol. The summed E-state index contributed by atoms with van der Waals surface area (Å²) in [6.45, 7) is 4.41. The molecule has 0 heterocycles. The lowest BCUT2D eigenvalue weighted by Gasteiger charge is -2.13. The van der Waals surface area contributed by atoms with E-state index in [9.17, 15) is 8.42 Å². The van der Waals surface area contributed by atoms with Gasteiger partial charge in [0.05, 0.1) is 5.75 Å². The standard InChI is InChI=1S/C15H25NO2S2/c1-12(2)10-13-4-6-14(7-5-13)15(16)11-19-8-9-20(3,17)18/h4-7,12,15H,8-11,16H2,1-3H3. The summed E-state index contributed by atoms with van der Waals surface area (Å²) in [5.74, 6) is 2.23. The third-order valence-electron chi connectivity index (χ3n) is 2.95. The van der Waals surface area contributed by atoms with Crippen LogP contribution < -0.4 is 5.73 Å². The van der Waals surface area contributed by atoms with Crippen LogP contribution in [0.2, 0.25) is 0 Å². The molecule has 1 atom stereocenters. The SMILES string of the molecule is CC(C)Cc1ccc(C(N)CSCCS(C)(=O)=O)cc1. The molecule has 20 heavy (non-hydrogen) atoms. The monoisotopic (exact) mass is 315 g/mol. The summed E-state index contributed by atoms with van der Waals surface area (Å²) in [7, 11) is -2.87. The van der Waals surface area contributed by atoms with Gasteiger partial charge in [0.15, 0.2) is 0 Å². The van der Waals surface area contributed by atoms with Gasteiger partial charge in [0.25, 0.3) is 0 Å². The van der Waals surface area contributed by atoms with Crippen molar-refractivity contribution in [2.45, 2.75) is 26.3 Å². The minimum atomic E-state index is -2.87. The highest BCUT2D eigenvalue weighted by Gasteiger charge is 2.08. The molecule has 1 aromatic rings. The number of nitrogens with two attached hydrogens (primary N) is 1. The Morgan fingerprint density at radius 3 is 2.30 bits per heavy atom. The van der Waals surface area contributed by atoms with Gasteiger partial charge in [0, 0.05) is 23.8 Å². The van der Waals surface area contributed by atoms with E-state index in [1.165, 1.54) is 11.8 Å². The van der Waals surface area contributed by atoms with Gasteiger partial charge in [-0.05, 0) is 23.5 Å². The van der Waals surface area contributed by atoms with E-state index in [4.69, 9.17) is 5.73 Å². The Morgan fingerprint density at radius 2 is 1.80 bits per heavy atom. The molecule has 1 aromatic carbocycles. The van der Waals surface area contributed by atoms with Crippen molar-refractivity contribution < 1.29 is 8.42 Å². The molecule has 0 aromatic heterocycles. The molecule has 0 spiro atoms. The van der Waals surface area contributed by atoms with E-state index in [1.807, 2.05) is 0 Å². The lowest BCUT2D eigenvalue weighted by Crippen LogP contribution is -2.14. The maximum Gasteiger partial charge on any atom is 0.148 e. The molecule has 1 unspecified atom stereocenters. The van der Waals surface area contributed by atoms with Crippen molar-refractivity contribution in [2.75, 3.05) is 23.5 Å². The third-order valence-corrected chi connectivity index (χ3v) is 5.24. The van der Waals surface area contributed by atoms with Crippen molar-refractivity contribution in [2.24, 2.45) is 11.7 Å². The molecule has 1 rings (SSSR count). The van der Waals surface area contributed by atoms with Crippen LogP contribution >= 0.6 is 11.8 Å². The summed E-state index contributed by atoms with van der Waals surface area (Å²) in [4.78, 5) is 0. The first-order chi connectivity index (χ1) is 9.28. The molecule has 0 fully saturated rings. The van der Waals surface area contributed by atoms with Gasteiger partial charge in [0.1, 0.15) is 9.84 Å². The first kappa shape index (κ1) is 17.5. The summed E-state index contributed by atoms with van der Waals surface area (Å²) in [6.07, 6.45) is 2.35. The zero-order valence-electron chi connectivity index (χ0n) is 12.5. The lowest BCUT2D eigenvalue weighted by atomic mass is 10.0. The number of rotatable bonds is 8. The van der Waals surface area contributed by atoms with Gasteiger partial charge in [-0.1, -0.05) is 38.1 Å². The van der Waals surface area contributed by atoms with Crippen molar-refractivity contribution in [3.05, 3.63) is 35.4 Å². The summed E-state index contributed by atoms with van der Waals surface area (Å²) in [6, 6.07) is 8.40.